The molecule has 1 amide bonds. The highest BCUT2D eigenvalue weighted by molar-refractivity contribution is 6.23. The van der Waals surface area contributed by atoms with E-state index in [2.05, 4.69) is 0 Å². The molecule has 1 heterocycles. The molecule has 8 heteroatoms. The zero-order valence-electron chi connectivity index (χ0n) is 17.0. The minimum Gasteiger partial charge on any atom is -0.490 e. The van der Waals surface area contributed by atoms with E-state index >= 15 is 0 Å². The van der Waals surface area contributed by atoms with Crippen molar-refractivity contribution in [1.29, 1.82) is 0 Å². The van der Waals surface area contributed by atoms with Crippen LogP contribution in [0.25, 0.3) is 6.08 Å². The predicted molar refractivity (Wildman–Crippen MR) is 111 cm³/mol. The predicted octanol–water partition coefficient (Wildman–Crippen LogP) is 3.79. The quantitative estimate of drug-likeness (QED) is 0.323. The van der Waals surface area contributed by atoms with E-state index in [1.165, 1.54) is 37.3 Å². The first-order valence-corrected chi connectivity index (χ1v) is 9.03. The lowest BCUT2D eigenvalue weighted by molar-refractivity contribution is -0.385. The van der Waals surface area contributed by atoms with Gasteiger partial charge in [0.15, 0.2) is 5.75 Å². The second kappa shape index (κ2) is 8.20. The van der Waals surface area contributed by atoms with E-state index in [1.54, 1.807) is 25.1 Å². The number of benzene rings is 2. The van der Waals surface area contributed by atoms with Crippen molar-refractivity contribution in [2.45, 2.75) is 13.8 Å². The molecule has 0 atom stereocenters. The van der Waals surface area contributed by atoms with Crippen LogP contribution in [0.1, 0.15) is 18.1 Å². The lowest BCUT2D eigenvalue weighted by Gasteiger charge is -2.18. The zero-order chi connectivity index (χ0) is 22.0. The molecule has 2 aromatic carbocycles. The van der Waals surface area contributed by atoms with Crippen molar-refractivity contribution in [1.82, 2.24) is 0 Å². The first-order chi connectivity index (χ1) is 14.3. The normalized spacial score (nSPS) is 15.0. The van der Waals surface area contributed by atoms with E-state index < -0.39 is 16.8 Å². The molecule has 0 aliphatic carbocycles. The van der Waals surface area contributed by atoms with Gasteiger partial charge in [-0.2, -0.15) is 0 Å². The van der Waals surface area contributed by atoms with Gasteiger partial charge in [0, 0.05) is 17.5 Å². The highest BCUT2D eigenvalue weighted by Crippen LogP contribution is 2.36. The number of ether oxygens (including phenoxy) is 2. The molecule has 1 aliphatic heterocycles. The van der Waals surface area contributed by atoms with Crippen LogP contribution in [0, 0.1) is 17.0 Å². The molecule has 0 fully saturated rings. The van der Waals surface area contributed by atoms with Crippen molar-refractivity contribution in [2.24, 2.45) is 0 Å². The summed E-state index contributed by atoms with van der Waals surface area (Å²) < 4.78 is 9.89. The van der Waals surface area contributed by atoms with Crippen LogP contribution in [0.5, 0.6) is 5.75 Å². The molecule has 3 rings (SSSR count). The molecule has 8 nitrogen and oxygen atoms in total. The van der Waals surface area contributed by atoms with Crippen molar-refractivity contribution < 1.29 is 24.0 Å². The highest BCUT2D eigenvalue weighted by atomic mass is 16.6. The molecule has 0 aromatic heterocycles. The maximum atomic E-state index is 13.2. The number of hydrogen-bond acceptors (Lipinski definition) is 6. The van der Waals surface area contributed by atoms with Gasteiger partial charge in [0.2, 0.25) is 0 Å². The Kier molecular flexibility index (Phi) is 5.68. The third-order valence-corrected chi connectivity index (χ3v) is 4.79. The number of nitrogens with zero attached hydrogens (tertiary/aromatic N) is 2. The fourth-order valence-electron chi connectivity index (χ4n) is 3.29. The lowest BCUT2D eigenvalue weighted by atomic mass is 10.0. The summed E-state index contributed by atoms with van der Waals surface area (Å²) in [7, 11) is 2.57. The van der Waals surface area contributed by atoms with Crippen LogP contribution in [0.4, 0.5) is 11.4 Å². The Bertz CT molecular complexity index is 1100. The van der Waals surface area contributed by atoms with Crippen molar-refractivity contribution in [3.8, 4) is 5.75 Å². The second-order valence-electron chi connectivity index (χ2n) is 6.67. The van der Waals surface area contributed by atoms with Gasteiger partial charge in [-0.05, 0) is 43.7 Å². The summed E-state index contributed by atoms with van der Waals surface area (Å²) in [6, 6.07) is 11.6. The van der Waals surface area contributed by atoms with Gasteiger partial charge in [0.25, 0.3) is 5.91 Å². The Balaban J connectivity index is 2.14. The van der Waals surface area contributed by atoms with E-state index in [0.717, 1.165) is 5.56 Å². The summed E-state index contributed by atoms with van der Waals surface area (Å²) >= 11 is 0. The number of aryl methyl sites for hydroxylation is 1. The van der Waals surface area contributed by atoms with Crippen molar-refractivity contribution in [3.05, 3.63) is 80.5 Å². The second-order valence-corrected chi connectivity index (χ2v) is 6.67. The average molecular weight is 408 g/mol. The Morgan fingerprint density at radius 1 is 1.10 bits per heavy atom. The number of esters is 1. The number of carbonyl (C=O) groups excluding carboxylic acids is 2. The Morgan fingerprint density at radius 2 is 1.77 bits per heavy atom. The smallest absolute Gasteiger partial charge is 0.340 e. The minimum absolute atomic E-state index is 0.0967. The molecule has 30 heavy (non-hydrogen) atoms. The number of rotatable bonds is 5. The molecule has 0 spiro atoms. The fraction of sp³-hybridized carbons (Fsp3) is 0.182. The number of nitro benzene ring substituents is 1. The fourth-order valence-corrected chi connectivity index (χ4v) is 3.29. The summed E-state index contributed by atoms with van der Waals surface area (Å²) in [6.07, 6.45) is 1.44. The van der Waals surface area contributed by atoms with Gasteiger partial charge in [-0.15, -0.1) is 0 Å². The van der Waals surface area contributed by atoms with Gasteiger partial charge in [0.05, 0.1) is 30.3 Å². The molecule has 0 N–H and O–H groups in total. The van der Waals surface area contributed by atoms with Crippen molar-refractivity contribution >= 4 is 29.3 Å². The Morgan fingerprint density at radius 3 is 2.33 bits per heavy atom. The lowest BCUT2D eigenvalue weighted by Crippen LogP contribution is -2.24. The largest absolute Gasteiger partial charge is 0.490 e. The number of hydrogen-bond donors (Lipinski definition) is 0. The molecule has 0 bridgehead atoms. The molecule has 0 saturated carbocycles. The number of methoxy groups -OCH3 is 2. The maximum absolute atomic E-state index is 13.2. The van der Waals surface area contributed by atoms with E-state index in [-0.39, 0.29) is 22.6 Å². The van der Waals surface area contributed by atoms with Crippen LogP contribution in [0.3, 0.4) is 0 Å². The Labute approximate surface area is 173 Å². The number of nitro groups is 1. The van der Waals surface area contributed by atoms with Crippen LogP contribution in [0.2, 0.25) is 0 Å². The summed E-state index contributed by atoms with van der Waals surface area (Å²) in [5.41, 5.74) is 2.40. The molecule has 0 saturated heterocycles. The van der Waals surface area contributed by atoms with Gasteiger partial charge in [-0.25, -0.2) is 4.79 Å². The van der Waals surface area contributed by atoms with Gasteiger partial charge >= 0.3 is 11.7 Å². The SMILES string of the molecule is COC(=O)C1=C(C)N(c2ccc(C)cc2)C(=O)/C1=C\c1ccc(OC)c([N+](=O)[O-])c1. The number of anilines is 1. The number of carbonyl (C=O) groups is 2. The zero-order valence-corrected chi connectivity index (χ0v) is 17.0. The molecular weight excluding hydrogens is 388 g/mol. The average Bonchev–Trinajstić information content (AvgIpc) is 2.97. The summed E-state index contributed by atoms with van der Waals surface area (Å²) in [6.45, 7) is 3.58. The number of allylic oxidation sites excluding steroid dienone is 1. The third-order valence-electron chi connectivity index (χ3n) is 4.79. The molecule has 154 valence electrons. The maximum Gasteiger partial charge on any atom is 0.340 e. The molecule has 1 aliphatic rings. The highest BCUT2D eigenvalue weighted by Gasteiger charge is 2.38. The first-order valence-electron chi connectivity index (χ1n) is 9.03. The van der Waals surface area contributed by atoms with Crippen molar-refractivity contribution in [2.75, 3.05) is 19.1 Å². The van der Waals surface area contributed by atoms with Crippen LogP contribution >= 0.6 is 0 Å². The topological polar surface area (TPSA) is 99.0 Å². The first kappa shape index (κ1) is 20.8. The monoisotopic (exact) mass is 408 g/mol. The van der Waals surface area contributed by atoms with Gasteiger partial charge in [0.1, 0.15) is 0 Å². The van der Waals surface area contributed by atoms with Crippen LogP contribution in [0.15, 0.2) is 59.3 Å². The third kappa shape index (κ3) is 3.67. The molecule has 0 radical (unpaired) electrons. The number of amides is 1. The van der Waals surface area contributed by atoms with E-state index in [1.807, 2.05) is 19.1 Å². The summed E-state index contributed by atoms with van der Waals surface area (Å²) in [4.78, 5) is 37.8. The van der Waals surface area contributed by atoms with Gasteiger partial charge in [-0.3, -0.25) is 19.8 Å². The standard InChI is InChI=1S/C22H20N2O6/c1-13-5-8-16(9-6-13)23-14(2)20(22(26)30-4)17(21(23)25)11-15-7-10-19(29-3)18(12-15)24(27)28/h5-12H,1-4H3/b17-11-. The summed E-state index contributed by atoms with van der Waals surface area (Å²) in [5.74, 6) is -0.985. The van der Waals surface area contributed by atoms with E-state index in [9.17, 15) is 19.7 Å². The summed E-state index contributed by atoms with van der Waals surface area (Å²) in [5, 5.41) is 11.3. The van der Waals surface area contributed by atoms with Crippen LogP contribution in [-0.4, -0.2) is 31.0 Å². The Hall–Kier alpha value is -3.94. The minimum atomic E-state index is -0.662. The molecule has 0 unspecified atom stereocenters. The van der Waals surface area contributed by atoms with Crippen molar-refractivity contribution in [3.63, 3.8) is 0 Å². The van der Waals surface area contributed by atoms with Gasteiger partial charge < -0.3 is 9.47 Å². The molecular formula is C22H20N2O6. The van der Waals surface area contributed by atoms with Gasteiger partial charge in [-0.1, -0.05) is 23.8 Å². The van der Waals surface area contributed by atoms with Crippen LogP contribution < -0.4 is 9.64 Å². The molecule has 2 aromatic rings. The van der Waals surface area contributed by atoms with E-state index in [0.29, 0.717) is 16.9 Å². The van der Waals surface area contributed by atoms with Crippen LogP contribution in [-0.2, 0) is 14.3 Å². The van der Waals surface area contributed by atoms with E-state index in [4.69, 9.17) is 9.47 Å².